The van der Waals surface area contributed by atoms with Crippen molar-refractivity contribution in [3.05, 3.63) is 70.8 Å². The van der Waals surface area contributed by atoms with E-state index in [1.807, 2.05) is 0 Å². The van der Waals surface area contributed by atoms with Crippen molar-refractivity contribution >= 4 is 16.6 Å². The number of alkyl halides is 3. The maximum Gasteiger partial charge on any atom is 0.418 e. The molecule has 1 unspecified atom stereocenters. The number of hydrogen-bond donors (Lipinski definition) is 2. The summed E-state index contributed by atoms with van der Waals surface area (Å²) in [7, 11) is 2.98. The number of halogens is 3. The molecule has 2 aromatic heterocycles. The Balaban J connectivity index is 1.83. The van der Waals surface area contributed by atoms with Gasteiger partial charge in [0.05, 0.1) is 38.2 Å². The Kier molecular flexibility index (Phi) is 7.04. The third-order valence-corrected chi connectivity index (χ3v) is 7.01. The van der Waals surface area contributed by atoms with Crippen LogP contribution in [0.5, 0.6) is 11.5 Å². The zero-order valence-electron chi connectivity index (χ0n) is 21.4. The number of methoxy groups -OCH3 is 2. The van der Waals surface area contributed by atoms with Crippen molar-refractivity contribution in [3.63, 3.8) is 0 Å². The minimum Gasteiger partial charge on any atom is -0.497 e. The Bertz CT molecular complexity index is 1560. The largest absolute Gasteiger partial charge is 0.497 e. The van der Waals surface area contributed by atoms with Crippen LogP contribution in [-0.2, 0) is 12.7 Å². The molecule has 2 aromatic carbocycles. The van der Waals surface area contributed by atoms with Crippen LogP contribution in [-0.4, -0.2) is 59.4 Å². The molecule has 0 bridgehead atoms. The molecule has 1 fully saturated rings. The molecule has 39 heavy (non-hydrogen) atoms. The molecule has 1 saturated heterocycles. The number of rotatable bonds is 7. The van der Waals surface area contributed by atoms with Gasteiger partial charge in [-0.1, -0.05) is 0 Å². The minimum absolute atomic E-state index is 0.0848. The van der Waals surface area contributed by atoms with Gasteiger partial charge >= 0.3 is 6.18 Å². The fraction of sp³-hybridized carbons (Fsp3) is 0.321. The van der Waals surface area contributed by atoms with E-state index < -0.39 is 23.4 Å². The second-order valence-corrected chi connectivity index (χ2v) is 9.40. The molecular weight excluding hydrogens is 515 g/mol. The predicted molar refractivity (Wildman–Crippen MR) is 141 cm³/mol. The Hall–Kier alpha value is -3.96. The number of anilines is 1. The first-order valence-corrected chi connectivity index (χ1v) is 12.4. The van der Waals surface area contributed by atoms with Crippen molar-refractivity contribution in [2.75, 3.05) is 38.8 Å². The summed E-state index contributed by atoms with van der Waals surface area (Å²) < 4.78 is 56.1. The molecule has 0 radical (unpaired) electrons. The number of aliphatic hydroxyl groups excluding tert-OH is 2. The van der Waals surface area contributed by atoms with Crippen LogP contribution in [0.4, 0.5) is 18.9 Å². The lowest BCUT2D eigenvalue weighted by Crippen LogP contribution is -2.25. The third kappa shape index (κ3) is 4.95. The average molecular weight is 544 g/mol. The zero-order chi connectivity index (χ0) is 27.9. The van der Waals surface area contributed by atoms with Gasteiger partial charge in [-0.25, -0.2) is 0 Å². The molecule has 3 heterocycles. The summed E-state index contributed by atoms with van der Waals surface area (Å²) in [6.45, 7) is 0.587. The highest BCUT2D eigenvalue weighted by Crippen LogP contribution is 2.38. The highest BCUT2D eigenvalue weighted by molar-refractivity contribution is 5.95. The first-order valence-electron chi connectivity index (χ1n) is 12.4. The quantitative estimate of drug-likeness (QED) is 0.366. The summed E-state index contributed by atoms with van der Waals surface area (Å²) in [6.07, 6.45) is -1.79. The van der Waals surface area contributed by atoms with E-state index in [1.165, 1.54) is 37.1 Å². The van der Waals surface area contributed by atoms with Crippen LogP contribution in [0.25, 0.3) is 27.7 Å². The summed E-state index contributed by atoms with van der Waals surface area (Å²) in [5.74, 6) is 0.936. The maximum absolute atomic E-state index is 14.3. The normalized spacial score (nSPS) is 15.8. The molecule has 2 N–H and O–H groups in total. The topological polar surface area (TPSA) is 89.1 Å². The number of fused-ring (bicyclic) bond motifs is 1. The van der Waals surface area contributed by atoms with Gasteiger partial charge in [0.1, 0.15) is 17.0 Å². The molecule has 0 aliphatic carbocycles. The second kappa shape index (κ2) is 10.3. The fourth-order valence-electron chi connectivity index (χ4n) is 5.10. The van der Waals surface area contributed by atoms with Crippen LogP contribution in [0, 0.1) is 0 Å². The van der Waals surface area contributed by atoms with Gasteiger partial charge in [-0.15, -0.1) is 0 Å². The molecule has 0 spiro atoms. The standard InChI is InChI=1S/C28H28F3N3O5/c1-38-20-11-17(12-21(14-20)39-2)23-16-34(27(37)26-22(23)6-8-32(26)9-10-35)25-13-18(33-7-5-19(36)15-33)3-4-24(25)28(29,30)31/h3-4,6,8,11-14,16,19,35-36H,5,7,9-10,15H2,1-2H3. The molecular formula is C28H28F3N3O5. The number of β-amino-alcohol motifs (C(OH)–C–C–N with tert-alkyl or cyclic N) is 1. The molecule has 0 saturated carbocycles. The van der Waals surface area contributed by atoms with E-state index >= 15 is 0 Å². The van der Waals surface area contributed by atoms with Crippen molar-refractivity contribution < 1.29 is 32.9 Å². The van der Waals surface area contributed by atoms with E-state index in [-0.39, 0.29) is 30.9 Å². The smallest absolute Gasteiger partial charge is 0.418 e. The maximum atomic E-state index is 14.3. The Morgan fingerprint density at radius 3 is 2.36 bits per heavy atom. The minimum atomic E-state index is -4.74. The van der Waals surface area contributed by atoms with Crippen molar-refractivity contribution in [2.24, 2.45) is 0 Å². The van der Waals surface area contributed by atoms with Gasteiger partial charge in [-0.3, -0.25) is 9.36 Å². The van der Waals surface area contributed by atoms with Crippen molar-refractivity contribution in [3.8, 4) is 28.3 Å². The molecule has 1 atom stereocenters. The zero-order valence-corrected chi connectivity index (χ0v) is 21.4. The number of pyridine rings is 1. The van der Waals surface area contributed by atoms with Crippen LogP contribution in [0.1, 0.15) is 12.0 Å². The lowest BCUT2D eigenvalue weighted by atomic mass is 10.0. The summed E-state index contributed by atoms with van der Waals surface area (Å²) >= 11 is 0. The predicted octanol–water partition coefficient (Wildman–Crippen LogP) is 4.06. The van der Waals surface area contributed by atoms with E-state index in [1.54, 1.807) is 35.4 Å². The van der Waals surface area contributed by atoms with E-state index in [9.17, 15) is 28.2 Å². The molecule has 8 nitrogen and oxygen atoms in total. The molecule has 1 aliphatic heterocycles. The summed E-state index contributed by atoms with van der Waals surface area (Å²) in [5, 5.41) is 20.1. The van der Waals surface area contributed by atoms with E-state index in [0.717, 1.165) is 10.6 Å². The lowest BCUT2D eigenvalue weighted by Gasteiger charge is -2.22. The van der Waals surface area contributed by atoms with E-state index in [0.29, 0.717) is 46.7 Å². The molecule has 11 heteroatoms. The van der Waals surface area contributed by atoms with Crippen LogP contribution < -0.4 is 19.9 Å². The SMILES string of the molecule is COc1cc(OC)cc(-c2cn(-c3cc(N4CCC(O)C4)ccc3C(F)(F)F)c(=O)c3c2ccn3CCO)c1. The number of aliphatic hydroxyl groups is 2. The van der Waals surface area contributed by atoms with Gasteiger partial charge in [0.2, 0.25) is 0 Å². The van der Waals surface area contributed by atoms with Gasteiger partial charge in [0.25, 0.3) is 5.56 Å². The average Bonchev–Trinajstić information content (AvgIpc) is 3.55. The second-order valence-electron chi connectivity index (χ2n) is 9.40. The summed E-state index contributed by atoms with van der Waals surface area (Å²) in [4.78, 5) is 15.7. The van der Waals surface area contributed by atoms with Crippen LogP contribution in [0.2, 0.25) is 0 Å². The van der Waals surface area contributed by atoms with Crippen LogP contribution in [0.15, 0.2) is 59.7 Å². The van der Waals surface area contributed by atoms with E-state index in [2.05, 4.69) is 0 Å². The van der Waals surface area contributed by atoms with Gasteiger partial charge in [0.15, 0.2) is 0 Å². The van der Waals surface area contributed by atoms with Crippen LogP contribution in [0.3, 0.4) is 0 Å². The molecule has 0 amide bonds. The lowest BCUT2D eigenvalue weighted by molar-refractivity contribution is -0.137. The molecule has 4 aromatic rings. The highest BCUT2D eigenvalue weighted by atomic mass is 19.4. The van der Waals surface area contributed by atoms with Crippen LogP contribution >= 0.6 is 0 Å². The Labute approximate surface area is 222 Å². The van der Waals surface area contributed by atoms with E-state index in [4.69, 9.17) is 9.47 Å². The first kappa shape index (κ1) is 26.6. The number of aromatic nitrogens is 2. The number of benzene rings is 2. The van der Waals surface area contributed by atoms with Crippen molar-refractivity contribution in [1.82, 2.24) is 9.13 Å². The number of hydrogen-bond acceptors (Lipinski definition) is 6. The Morgan fingerprint density at radius 2 is 1.77 bits per heavy atom. The van der Waals surface area contributed by atoms with Crippen molar-refractivity contribution in [2.45, 2.75) is 25.2 Å². The van der Waals surface area contributed by atoms with Gasteiger partial charge in [-0.05, 0) is 48.4 Å². The summed E-state index contributed by atoms with van der Waals surface area (Å²) in [6, 6.07) is 10.4. The van der Waals surface area contributed by atoms with Gasteiger partial charge < -0.3 is 29.2 Å². The fourth-order valence-corrected chi connectivity index (χ4v) is 5.10. The molecule has 1 aliphatic rings. The van der Waals surface area contributed by atoms with Gasteiger partial charge in [-0.2, -0.15) is 13.2 Å². The number of nitrogens with zero attached hydrogens (tertiary/aromatic N) is 3. The highest BCUT2D eigenvalue weighted by Gasteiger charge is 2.35. The molecule has 206 valence electrons. The number of ether oxygens (including phenoxy) is 2. The van der Waals surface area contributed by atoms with Gasteiger partial charge in [0, 0.05) is 54.7 Å². The summed E-state index contributed by atoms with van der Waals surface area (Å²) in [5.41, 5.74) is -0.294. The first-order chi connectivity index (χ1) is 18.6. The monoisotopic (exact) mass is 543 g/mol. The molecule has 5 rings (SSSR count). The van der Waals surface area contributed by atoms with Crippen molar-refractivity contribution in [1.29, 1.82) is 0 Å². The Morgan fingerprint density at radius 1 is 1.05 bits per heavy atom. The third-order valence-electron chi connectivity index (χ3n) is 7.01.